The number of anilines is 1. The first-order valence-corrected chi connectivity index (χ1v) is 8.85. The van der Waals surface area contributed by atoms with Crippen LogP contribution in [0.1, 0.15) is 5.56 Å². The van der Waals surface area contributed by atoms with Crippen LogP contribution in [0.15, 0.2) is 55.1 Å². The van der Waals surface area contributed by atoms with Crippen LogP contribution in [0, 0.1) is 0 Å². The lowest BCUT2D eigenvalue weighted by molar-refractivity contribution is 0.298. The van der Waals surface area contributed by atoms with Crippen LogP contribution < -0.4 is 13.8 Å². The second kappa shape index (κ2) is 5.62. The molecule has 1 atom stereocenters. The number of methoxy groups -OCH3 is 1. The molecule has 0 radical (unpaired) electrons. The zero-order chi connectivity index (χ0) is 16.6. The van der Waals surface area contributed by atoms with Gasteiger partial charge in [0.15, 0.2) is 0 Å². The second-order valence-corrected chi connectivity index (χ2v) is 7.11. The molecule has 0 aliphatic carbocycles. The van der Waals surface area contributed by atoms with E-state index >= 15 is 0 Å². The van der Waals surface area contributed by atoms with Gasteiger partial charge in [-0.05, 0) is 29.8 Å². The Morgan fingerprint density at radius 1 is 1.17 bits per heavy atom. The molecule has 0 fully saturated rings. The van der Waals surface area contributed by atoms with Crippen molar-refractivity contribution in [2.75, 3.05) is 17.7 Å². The summed E-state index contributed by atoms with van der Waals surface area (Å²) in [4.78, 5) is 0. The van der Waals surface area contributed by atoms with Gasteiger partial charge in [-0.2, -0.15) is 0 Å². The van der Waals surface area contributed by atoms with Crippen molar-refractivity contribution in [2.24, 2.45) is 0 Å². The van der Waals surface area contributed by atoms with Crippen molar-refractivity contribution in [1.82, 2.24) is 0 Å². The highest BCUT2D eigenvalue weighted by Crippen LogP contribution is 2.42. The Labute approximate surface area is 135 Å². The second-order valence-electron chi connectivity index (χ2n) is 5.25. The van der Waals surface area contributed by atoms with Gasteiger partial charge in [-0.3, -0.25) is 0 Å². The summed E-state index contributed by atoms with van der Waals surface area (Å²) in [5, 5.41) is 0. The van der Waals surface area contributed by atoms with E-state index in [9.17, 15) is 8.42 Å². The van der Waals surface area contributed by atoms with Gasteiger partial charge in [-0.25, -0.2) is 12.7 Å². The van der Waals surface area contributed by atoms with Gasteiger partial charge < -0.3 is 9.47 Å². The number of para-hydroxylation sites is 2. The van der Waals surface area contributed by atoms with Crippen molar-refractivity contribution < 1.29 is 17.9 Å². The minimum Gasteiger partial charge on any atom is -0.497 e. The van der Waals surface area contributed by atoms with Gasteiger partial charge in [0.2, 0.25) is 16.3 Å². The fourth-order valence-electron chi connectivity index (χ4n) is 2.55. The van der Waals surface area contributed by atoms with Gasteiger partial charge in [0.05, 0.1) is 19.1 Å². The number of ether oxygens (including phenoxy) is 2. The predicted octanol–water partition coefficient (Wildman–Crippen LogP) is 2.89. The first-order chi connectivity index (χ1) is 10.9. The van der Waals surface area contributed by atoms with Gasteiger partial charge in [-0.15, -0.1) is 0 Å². The van der Waals surface area contributed by atoms with Crippen LogP contribution in [0.2, 0.25) is 0 Å². The highest BCUT2D eigenvalue weighted by atomic mass is 32.2. The third-order valence-corrected chi connectivity index (χ3v) is 4.77. The van der Waals surface area contributed by atoms with E-state index in [-0.39, 0.29) is 0 Å². The van der Waals surface area contributed by atoms with E-state index in [1.807, 2.05) is 12.1 Å². The van der Waals surface area contributed by atoms with E-state index in [0.717, 1.165) is 17.6 Å². The quantitative estimate of drug-likeness (QED) is 0.864. The maximum Gasteiger partial charge on any atom is 0.235 e. The maximum absolute atomic E-state index is 12.2. The first-order valence-electron chi connectivity index (χ1n) is 7.00. The lowest BCUT2D eigenvalue weighted by Gasteiger charge is -2.24. The molecule has 0 bridgehead atoms. The summed E-state index contributed by atoms with van der Waals surface area (Å²) < 4.78 is 36.7. The van der Waals surface area contributed by atoms with Gasteiger partial charge in [0.25, 0.3) is 0 Å². The van der Waals surface area contributed by atoms with Gasteiger partial charge in [0.1, 0.15) is 11.5 Å². The molecule has 0 amide bonds. The number of benzene rings is 2. The Morgan fingerprint density at radius 3 is 2.43 bits per heavy atom. The minimum atomic E-state index is -3.51. The SMILES string of the molecule is C=C(c1ccc(OC)cc1)C1Oc2ccccc2N1S(C)(=O)=O. The fourth-order valence-corrected chi connectivity index (χ4v) is 3.57. The summed E-state index contributed by atoms with van der Waals surface area (Å²) in [6.45, 7) is 4.04. The van der Waals surface area contributed by atoms with Gasteiger partial charge >= 0.3 is 0 Å². The van der Waals surface area contributed by atoms with Crippen LogP contribution in [0.5, 0.6) is 11.5 Å². The number of nitrogens with zero attached hydrogens (tertiary/aromatic N) is 1. The van der Waals surface area contributed by atoms with Crippen molar-refractivity contribution in [1.29, 1.82) is 0 Å². The molecule has 1 aliphatic heterocycles. The Bertz CT molecular complexity index is 843. The van der Waals surface area contributed by atoms with Crippen molar-refractivity contribution in [2.45, 2.75) is 6.23 Å². The molecular formula is C17H17NO4S. The molecule has 120 valence electrons. The molecule has 3 rings (SSSR count). The van der Waals surface area contributed by atoms with Crippen molar-refractivity contribution in [3.8, 4) is 11.5 Å². The molecule has 1 heterocycles. The lowest BCUT2D eigenvalue weighted by Crippen LogP contribution is -2.39. The minimum absolute atomic E-state index is 0.523. The summed E-state index contributed by atoms with van der Waals surface area (Å²) in [5.74, 6) is 1.25. The summed E-state index contributed by atoms with van der Waals surface area (Å²) in [7, 11) is -1.92. The first kappa shape index (κ1) is 15.4. The van der Waals surface area contributed by atoms with Gasteiger partial charge in [-0.1, -0.05) is 30.8 Å². The lowest BCUT2D eigenvalue weighted by atomic mass is 10.1. The molecule has 5 nitrogen and oxygen atoms in total. The highest BCUT2D eigenvalue weighted by molar-refractivity contribution is 7.92. The number of hydrogen-bond acceptors (Lipinski definition) is 4. The van der Waals surface area contributed by atoms with E-state index in [4.69, 9.17) is 9.47 Å². The molecule has 0 saturated heterocycles. The molecule has 1 unspecified atom stereocenters. The normalized spacial score (nSPS) is 16.6. The van der Waals surface area contributed by atoms with Crippen LogP contribution in [-0.2, 0) is 10.0 Å². The molecule has 2 aromatic rings. The molecule has 0 spiro atoms. The highest BCUT2D eigenvalue weighted by Gasteiger charge is 2.38. The largest absolute Gasteiger partial charge is 0.497 e. The third kappa shape index (κ3) is 2.77. The zero-order valence-electron chi connectivity index (χ0n) is 12.9. The third-order valence-electron chi connectivity index (χ3n) is 3.67. The zero-order valence-corrected chi connectivity index (χ0v) is 13.7. The van der Waals surface area contributed by atoms with Crippen LogP contribution >= 0.6 is 0 Å². The summed E-state index contributed by atoms with van der Waals surface area (Å²) in [6.07, 6.45) is 0.364. The van der Waals surface area contributed by atoms with E-state index < -0.39 is 16.3 Å². The molecule has 0 aromatic heterocycles. The predicted molar refractivity (Wildman–Crippen MR) is 90.2 cm³/mol. The molecule has 6 heteroatoms. The molecular weight excluding hydrogens is 314 g/mol. The molecule has 1 aliphatic rings. The Balaban J connectivity index is 2.00. The standard InChI is InChI=1S/C17H17NO4S/c1-12(13-8-10-14(21-2)11-9-13)17-18(23(3,19)20)15-6-4-5-7-16(15)22-17/h4-11,17H,1H2,2-3H3. The molecule has 23 heavy (non-hydrogen) atoms. The van der Waals surface area contributed by atoms with E-state index in [0.29, 0.717) is 17.0 Å². The number of sulfonamides is 1. The Kier molecular flexibility index (Phi) is 3.77. The van der Waals surface area contributed by atoms with Crippen molar-refractivity contribution in [3.05, 3.63) is 60.7 Å². The smallest absolute Gasteiger partial charge is 0.235 e. The van der Waals surface area contributed by atoms with Crippen molar-refractivity contribution in [3.63, 3.8) is 0 Å². The average molecular weight is 331 g/mol. The Hall–Kier alpha value is -2.47. The Morgan fingerprint density at radius 2 is 1.83 bits per heavy atom. The van der Waals surface area contributed by atoms with E-state index in [1.165, 1.54) is 4.31 Å². The van der Waals surface area contributed by atoms with E-state index in [1.54, 1.807) is 43.5 Å². The van der Waals surface area contributed by atoms with E-state index in [2.05, 4.69) is 6.58 Å². The van der Waals surface area contributed by atoms with Crippen LogP contribution in [0.4, 0.5) is 5.69 Å². The maximum atomic E-state index is 12.2. The number of hydrogen-bond donors (Lipinski definition) is 0. The average Bonchev–Trinajstić information content (AvgIpc) is 2.94. The van der Waals surface area contributed by atoms with Crippen LogP contribution in [-0.4, -0.2) is 28.0 Å². The molecule has 2 aromatic carbocycles. The summed E-state index contributed by atoms with van der Waals surface area (Å²) in [5.41, 5.74) is 1.88. The van der Waals surface area contributed by atoms with Crippen LogP contribution in [0.3, 0.4) is 0 Å². The topological polar surface area (TPSA) is 55.8 Å². The fraction of sp³-hybridized carbons (Fsp3) is 0.176. The summed E-state index contributed by atoms with van der Waals surface area (Å²) in [6, 6.07) is 14.3. The van der Waals surface area contributed by atoms with Gasteiger partial charge in [0, 0.05) is 5.57 Å². The van der Waals surface area contributed by atoms with Crippen LogP contribution in [0.25, 0.3) is 5.57 Å². The monoisotopic (exact) mass is 331 g/mol. The molecule has 0 N–H and O–H groups in total. The van der Waals surface area contributed by atoms with Crippen molar-refractivity contribution >= 4 is 21.3 Å². The number of fused-ring (bicyclic) bond motifs is 1. The molecule has 0 saturated carbocycles. The number of rotatable bonds is 4. The summed E-state index contributed by atoms with van der Waals surface area (Å²) >= 11 is 0.